The molecule has 0 aliphatic carbocycles. The second kappa shape index (κ2) is 5.24. The van der Waals surface area contributed by atoms with Crippen molar-refractivity contribution in [2.24, 2.45) is 0 Å². The number of carboxylic acid groups (broad SMARTS) is 1. The van der Waals surface area contributed by atoms with Gasteiger partial charge in [0.1, 0.15) is 12.1 Å². The number of hydrogen-bond acceptors (Lipinski definition) is 4. The molecule has 0 unspecified atom stereocenters. The predicted octanol–water partition coefficient (Wildman–Crippen LogP) is 0.149. The second-order valence-corrected chi connectivity index (χ2v) is 5.21. The number of rotatable bonds is 4. The van der Waals surface area contributed by atoms with E-state index in [9.17, 15) is 14.4 Å². The third-order valence-electron chi connectivity index (χ3n) is 2.44. The fourth-order valence-corrected chi connectivity index (χ4v) is 1.55. The third kappa shape index (κ3) is 3.90. The molecule has 7 heteroatoms. The van der Waals surface area contributed by atoms with E-state index in [2.05, 4.69) is 0 Å². The first-order valence-corrected chi connectivity index (χ1v) is 5.63. The van der Waals surface area contributed by atoms with E-state index < -0.39 is 17.7 Å². The molecule has 18 heavy (non-hydrogen) atoms. The van der Waals surface area contributed by atoms with Crippen LogP contribution in [0.5, 0.6) is 0 Å². The zero-order valence-electron chi connectivity index (χ0n) is 10.8. The Morgan fingerprint density at radius 3 is 2.39 bits per heavy atom. The number of aliphatic carboxylic acids is 1. The number of amides is 2. The van der Waals surface area contributed by atoms with Crippen LogP contribution >= 0.6 is 0 Å². The van der Waals surface area contributed by atoms with Crippen LogP contribution in [0.1, 0.15) is 20.8 Å². The molecule has 1 aliphatic rings. The van der Waals surface area contributed by atoms with Gasteiger partial charge in [-0.2, -0.15) is 0 Å². The molecule has 1 aliphatic heterocycles. The maximum atomic E-state index is 11.6. The standard InChI is InChI=1S/C11H18N2O5/c1-11(2,3)18-10(17)12-4-8(5-12)13(7-14)6-9(15)16/h7-8H,4-6H2,1-3H3,(H,15,16). The van der Waals surface area contributed by atoms with E-state index in [1.165, 1.54) is 9.80 Å². The summed E-state index contributed by atoms with van der Waals surface area (Å²) in [6, 6.07) is -0.244. The van der Waals surface area contributed by atoms with Gasteiger partial charge in [-0.15, -0.1) is 0 Å². The zero-order chi connectivity index (χ0) is 13.9. The van der Waals surface area contributed by atoms with Gasteiger partial charge >= 0.3 is 12.1 Å². The average molecular weight is 258 g/mol. The molecule has 1 saturated heterocycles. The minimum atomic E-state index is -1.07. The van der Waals surface area contributed by atoms with Gasteiger partial charge in [-0.05, 0) is 20.8 Å². The van der Waals surface area contributed by atoms with Crippen LogP contribution in [0.2, 0.25) is 0 Å². The summed E-state index contributed by atoms with van der Waals surface area (Å²) in [4.78, 5) is 35.4. The quantitative estimate of drug-likeness (QED) is 0.725. The van der Waals surface area contributed by atoms with E-state index in [1.54, 1.807) is 20.8 Å². The molecule has 1 heterocycles. The normalized spacial score (nSPS) is 15.8. The lowest BCUT2D eigenvalue weighted by Crippen LogP contribution is -2.62. The van der Waals surface area contributed by atoms with Gasteiger partial charge in [0.25, 0.3) is 0 Å². The Hall–Kier alpha value is -1.79. The minimum absolute atomic E-state index is 0.244. The van der Waals surface area contributed by atoms with E-state index >= 15 is 0 Å². The van der Waals surface area contributed by atoms with Crippen LogP contribution in [0.4, 0.5) is 4.79 Å². The summed E-state index contributed by atoms with van der Waals surface area (Å²) in [5.41, 5.74) is -0.562. The number of hydrogen-bond donors (Lipinski definition) is 1. The van der Waals surface area contributed by atoms with Crippen LogP contribution in [0.25, 0.3) is 0 Å². The highest BCUT2D eigenvalue weighted by Crippen LogP contribution is 2.18. The van der Waals surface area contributed by atoms with E-state index in [0.717, 1.165) is 0 Å². The lowest BCUT2D eigenvalue weighted by Gasteiger charge is -2.43. The Morgan fingerprint density at radius 2 is 2.00 bits per heavy atom. The van der Waals surface area contributed by atoms with E-state index in [1.807, 2.05) is 0 Å². The summed E-state index contributed by atoms with van der Waals surface area (Å²) in [6.45, 7) is 5.57. The van der Waals surface area contributed by atoms with Crippen LogP contribution in [-0.4, -0.2) is 64.7 Å². The lowest BCUT2D eigenvalue weighted by molar-refractivity contribution is -0.143. The summed E-state index contributed by atoms with van der Waals surface area (Å²) in [5, 5.41) is 8.61. The van der Waals surface area contributed by atoms with Gasteiger partial charge < -0.3 is 19.6 Å². The topological polar surface area (TPSA) is 87.2 Å². The summed E-state index contributed by atoms with van der Waals surface area (Å²) in [5.74, 6) is -1.07. The highest BCUT2D eigenvalue weighted by molar-refractivity contribution is 5.73. The van der Waals surface area contributed by atoms with Crippen molar-refractivity contribution < 1.29 is 24.2 Å². The van der Waals surface area contributed by atoms with Crippen LogP contribution in [0.15, 0.2) is 0 Å². The first-order chi connectivity index (χ1) is 8.23. The second-order valence-electron chi connectivity index (χ2n) is 5.21. The van der Waals surface area contributed by atoms with Crippen LogP contribution in [0, 0.1) is 0 Å². The molecular formula is C11H18N2O5. The van der Waals surface area contributed by atoms with Crippen molar-refractivity contribution >= 4 is 18.5 Å². The molecule has 102 valence electrons. The number of carbonyl (C=O) groups is 3. The van der Waals surface area contributed by atoms with Crippen molar-refractivity contribution in [2.45, 2.75) is 32.4 Å². The lowest BCUT2D eigenvalue weighted by atomic mass is 10.1. The molecule has 0 atom stereocenters. The Bertz CT molecular complexity index is 344. The molecule has 0 bridgehead atoms. The van der Waals surface area contributed by atoms with E-state index in [-0.39, 0.29) is 12.6 Å². The molecule has 0 aromatic heterocycles. The van der Waals surface area contributed by atoms with Gasteiger partial charge in [-0.3, -0.25) is 9.59 Å². The number of carboxylic acids is 1. The SMILES string of the molecule is CC(C)(C)OC(=O)N1CC(N(C=O)CC(=O)O)C1. The molecule has 1 rings (SSSR count). The Labute approximate surface area is 105 Å². The van der Waals surface area contributed by atoms with Crippen molar-refractivity contribution in [3.05, 3.63) is 0 Å². The summed E-state index contributed by atoms with van der Waals surface area (Å²) >= 11 is 0. The molecule has 0 saturated carbocycles. The largest absolute Gasteiger partial charge is 0.480 e. The van der Waals surface area contributed by atoms with Crippen LogP contribution < -0.4 is 0 Å². The number of likely N-dealkylation sites (tertiary alicyclic amines) is 1. The third-order valence-corrected chi connectivity index (χ3v) is 2.44. The molecule has 2 amide bonds. The fourth-order valence-electron chi connectivity index (χ4n) is 1.55. The summed E-state index contributed by atoms with van der Waals surface area (Å²) < 4.78 is 5.15. The summed E-state index contributed by atoms with van der Waals surface area (Å²) in [6.07, 6.45) is 0.0468. The van der Waals surface area contributed by atoms with Crippen LogP contribution in [0.3, 0.4) is 0 Å². The van der Waals surface area contributed by atoms with Crippen molar-refractivity contribution in [3.63, 3.8) is 0 Å². The van der Waals surface area contributed by atoms with Crippen molar-refractivity contribution in [2.75, 3.05) is 19.6 Å². The van der Waals surface area contributed by atoms with Crippen molar-refractivity contribution in [3.8, 4) is 0 Å². The molecule has 1 N–H and O–H groups in total. The van der Waals surface area contributed by atoms with Gasteiger partial charge in [0.2, 0.25) is 6.41 Å². The summed E-state index contributed by atoms with van der Waals surface area (Å²) in [7, 11) is 0. The molecule has 0 aromatic carbocycles. The number of nitrogens with zero attached hydrogens (tertiary/aromatic N) is 2. The highest BCUT2D eigenvalue weighted by atomic mass is 16.6. The van der Waals surface area contributed by atoms with Gasteiger partial charge in [0, 0.05) is 13.1 Å². The average Bonchev–Trinajstić information content (AvgIpc) is 2.09. The monoisotopic (exact) mass is 258 g/mol. The van der Waals surface area contributed by atoms with Crippen molar-refractivity contribution in [1.82, 2.24) is 9.80 Å². The Kier molecular flexibility index (Phi) is 4.15. The molecule has 1 fully saturated rings. The Balaban J connectivity index is 2.41. The van der Waals surface area contributed by atoms with E-state index in [0.29, 0.717) is 19.5 Å². The van der Waals surface area contributed by atoms with Crippen molar-refractivity contribution in [1.29, 1.82) is 0 Å². The van der Waals surface area contributed by atoms with Gasteiger partial charge in [0.05, 0.1) is 6.04 Å². The predicted molar refractivity (Wildman–Crippen MR) is 62.0 cm³/mol. The van der Waals surface area contributed by atoms with Gasteiger partial charge in [-0.1, -0.05) is 0 Å². The van der Waals surface area contributed by atoms with E-state index in [4.69, 9.17) is 9.84 Å². The molecule has 0 radical (unpaired) electrons. The first kappa shape index (κ1) is 14.3. The van der Waals surface area contributed by atoms with Gasteiger partial charge in [-0.25, -0.2) is 4.79 Å². The number of ether oxygens (including phenoxy) is 1. The van der Waals surface area contributed by atoms with Gasteiger partial charge in [0.15, 0.2) is 0 Å². The molecule has 0 spiro atoms. The van der Waals surface area contributed by atoms with Crippen LogP contribution in [-0.2, 0) is 14.3 Å². The maximum Gasteiger partial charge on any atom is 0.410 e. The highest BCUT2D eigenvalue weighted by Gasteiger charge is 2.37. The minimum Gasteiger partial charge on any atom is -0.480 e. The molecule has 0 aromatic rings. The fraction of sp³-hybridized carbons (Fsp3) is 0.727. The smallest absolute Gasteiger partial charge is 0.410 e. The number of carbonyl (C=O) groups excluding carboxylic acids is 2. The molecule has 7 nitrogen and oxygen atoms in total. The first-order valence-electron chi connectivity index (χ1n) is 5.63. The Morgan fingerprint density at radius 1 is 1.44 bits per heavy atom. The zero-order valence-corrected chi connectivity index (χ0v) is 10.8. The molecular weight excluding hydrogens is 240 g/mol. The maximum absolute atomic E-state index is 11.6.